The Morgan fingerprint density at radius 1 is 0.829 bits per heavy atom. The van der Waals surface area contributed by atoms with Crippen LogP contribution in [0.5, 0.6) is 5.75 Å². The monoisotopic (exact) mass is 481 g/mol. The summed E-state index contributed by atoms with van der Waals surface area (Å²) < 4.78 is 34.2. The zero-order valence-electron chi connectivity index (χ0n) is 19.5. The summed E-state index contributed by atoms with van der Waals surface area (Å²) in [7, 11) is -2.14. The normalized spacial score (nSPS) is 19.6. The summed E-state index contributed by atoms with van der Waals surface area (Å²) in [5.41, 5.74) is 2.80. The number of nitrogens with zero attached hydrogens (tertiary/aromatic N) is 1. The van der Waals surface area contributed by atoms with Crippen LogP contribution in [0.1, 0.15) is 23.6 Å². The molecular formula is C30H27NO3S. The molecule has 0 radical (unpaired) electrons. The maximum atomic E-state index is 14.4. The standard InChI is InChI=1S/C30H27NO3S/c1-34-27-19-11-16-25(23-27)29-30(31(29)26-17-7-3-8-18-26,22-12-15-24-13-5-2-6-14-24)35(32,33)28-20-9-4-10-21-28/h2-21,23,29H,22H2,1H3/b15-12+. The molecule has 5 rings (SSSR count). The summed E-state index contributed by atoms with van der Waals surface area (Å²) in [6, 6.07) is 35.8. The van der Waals surface area contributed by atoms with Crippen LogP contribution in [0.25, 0.3) is 6.08 Å². The molecule has 5 heteroatoms. The Kier molecular flexibility index (Phi) is 6.18. The molecule has 1 aliphatic heterocycles. The third-order valence-electron chi connectivity index (χ3n) is 6.51. The Bertz CT molecular complexity index is 1420. The van der Waals surface area contributed by atoms with Gasteiger partial charge in [0.05, 0.1) is 18.0 Å². The van der Waals surface area contributed by atoms with Crippen molar-refractivity contribution in [2.75, 3.05) is 12.0 Å². The van der Waals surface area contributed by atoms with Gasteiger partial charge >= 0.3 is 0 Å². The zero-order valence-corrected chi connectivity index (χ0v) is 20.3. The van der Waals surface area contributed by atoms with Crippen LogP contribution in [-0.4, -0.2) is 20.4 Å². The lowest BCUT2D eigenvalue weighted by atomic mass is 10.1. The second kappa shape index (κ2) is 9.43. The quantitative estimate of drug-likeness (QED) is 0.269. The molecule has 2 unspecified atom stereocenters. The molecule has 1 fully saturated rings. The zero-order chi connectivity index (χ0) is 24.3. The van der Waals surface area contributed by atoms with Gasteiger partial charge in [0.25, 0.3) is 0 Å². The van der Waals surface area contributed by atoms with E-state index in [0.717, 1.165) is 16.8 Å². The first-order valence-corrected chi connectivity index (χ1v) is 13.1. The van der Waals surface area contributed by atoms with Crippen molar-refractivity contribution >= 4 is 21.6 Å². The Balaban J connectivity index is 1.67. The molecule has 0 spiro atoms. The summed E-state index contributed by atoms with van der Waals surface area (Å²) in [5.74, 6) is 0.702. The average molecular weight is 482 g/mol. The summed E-state index contributed by atoms with van der Waals surface area (Å²) in [6.07, 6.45) is 4.30. The maximum Gasteiger partial charge on any atom is 0.205 e. The average Bonchev–Trinajstić information content (AvgIpc) is 3.61. The lowest BCUT2D eigenvalue weighted by Crippen LogP contribution is -2.30. The lowest BCUT2D eigenvalue weighted by molar-refractivity contribution is 0.414. The molecule has 0 amide bonds. The minimum atomic E-state index is -3.76. The second-order valence-electron chi connectivity index (χ2n) is 8.56. The Hall–Kier alpha value is -3.83. The number of sulfone groups is 1. The van der Waals surface area contributed by atoms with Crippen molar-refractivity contribution in [3.8, 4) is 5.75 Å². The fourth-order valence-corrected chi connectivity index (χ4v) is 7.01. The van der Waals surface area contributed by atoms with E-state index < -0.39 is 14.7 Å². The number of benzene rings is 4. The Labute approximate surface area is 207 Å². The van der Waals surface area contributed by atoms with Crippen molar-refractivity contribution in [2.45, 2.75) is 22.2 Å². The van der Waals surface area contributed by atoms with E-state index in [1.54, 1.807) is 31.4 Å². The van der Waals surface area contributed by atoms with Crippen molar-refractivity contribution in [1.82, 2.24) is 0 Å². The van der Waals surface area contributed by atoms with Gasteiger partial charge in [0, 0.05) is 12.1 Å². The largest absolute Gasteiger partial charge is 0.497 e. The predicted molar refractivity (Wildman–Crippen MR) is 141 cm³/mol. The summed E-state index contributed by atoms with van der Waals surface area (Å²) >= 11 is 0. The highest BCUT2D eigenvalue weighted by atomic mass is 32.2. The Morgan fingerprint density at radius 3 is 2.11 bits per heavy atom. The molecule has 4 aromatic carbocycles. The van der Waals surface area contributed by atoms with Crippen molar-refractivity contribution in [3.05, 3.63) is 132 Å². The van der Waals surface area contributed by atoms with Crippen LogP contribution < -0.4 is 9.64 Å². The van der Waals surface area contributed by atoms with Crippen LogP contribution in [0.2, 0.25) is 0 Å². The molecule has 2 atom stereocenters. The predicted octanol–water partition coefficient (Wildman–Crippen LogP) is 6.53. The first kappa shape index (κ1) is 22.9. The summed E-state index contributed by atoms with van der Waals surface area (Å²) in [4.78, 5) is 1.17. The highest BCUT2D eigenvalue weighted by molar-refractivity contribution is 7.93. The van der Waals surface area contributed by atoms with Crippen LogP contribution in [0, 0.1) is 0 Å². The van der Waals surface area contributed by atoms with Gasteiger partial charge in [-0.3, -0.25) is 0 Å². The summed E-state index contributed by atoms with van der Waals surface area (Å²) in [6.45, 7) is 0. The lowest BCUT2D eigenvalue weighted by Gasteiger charge is -2.18. The number of rotatable bonds is 8. The van der Waals surface area contributed by atoms with Gasteiger partial charge in [-0.05, 0) is 47.5 Å². The number of hydrogen-bond acceptors (Lipinski definition) is 4. The SMILES string of the molecule is COc1cccc(C2N(c3ccccc3)C2(C/C=C/c2ccccc2)S(=O)(=O)c2ccccc2)c1. The number of methoxy groups -OCH3 is 1. The van der Waals surface area contributed by atoms with E-state index in [0.29, 0.717) is 17.1 Å². The van der Waals surface area contributed by atoms with Crippen molar-refractivity contribution in [2.24, 2.45) is 0 Å². The minimum Gasteiger partial charge on any atom is -0.497 e. The molecule has 4 aromatic rings. The van der Waals surface area contributed by atoms with Crippen molar-refractivity contribution in [3.63, 3.8) is 0 Å². The molecular weight excluding hydrogens is 454 g/mol. The first-order valence-electron chi connectivity index (χ1n) is 11.6. The molecule has 0 N–H and O–H groups in total. The van der Waals surface area contributed by atoms with E-state index in [1.165, 1.54) is 0 Å². The molecule has 1 aliphatic rings. The molecule has 0 saturated carbocycles. The second-order valence-corrected chi connectivity index (χ2v) is 10.7. The minimum absolute atomic E-state index is 0.319. The molecule has 35 heavy (non-hydrogen) atoms. The number of ether oxygens (including phenoxy) is 1. The van der Waals surface area contributed by atoms with Crippen LogP contribution in [0.15, 0.2) is 126 Å². The molecule has 1 heterocycles. The topological polar surface area (TPSA) is 46.4 Å². The molecule has 4 nitrogen and oxygen atoms in total. The Morgan fingerprint density at radius 2 is 1.46 bits per heavy atom. The van der Waals surface area contributed by atoms with Gasteiger partial charge in [-0.25, -0.2) is 8.42 Å². The van der Waals surface area contributed by atoms with Crippen LogP contribution in [-0.2, 0) is 9.84 Å². The highest BCUT2D eigenvalue weighted by Crippen LogP contribution is 2.62. The smallest absolute Gasteiger partial charge is 0.205 e. The molecule has 176 valence electrons. The summed E-state index contributed by atoms with van der Waals surface area (Å²) in [5, 5.41) is 0. The van der Waals surface area contributed by atoms with Gasteiger partial charge in [-0.2, -0.15) is 0 Å². The van der Waals surface area contributed by atoms with E-state index >= 15 is 0 Å². The van der Waals surface area contributed by atoms with Gasteiger partial charge in [0.15, 0.2) is 4.87 Å². The third kappa shape index (κ3) is 4.13. The molecule has 0 bridgehead atoms. The molecule has 0 aliphatic carbocycles. The molecule has 0 aromatic heterocycles. The first-order chi connectivity index (χ1) is 17.1. The highest BCUT2D eigenvalue weighted by Gasteiger charge is 2.71. The van der Waals surface area contributed by atoms with Crippen molar-refractivity contribution < 1.29 is 13.2 Å². The van der Waals surface area contributed by atoms with Gasteiger partial charge in [-0.1, -0.05) is 91.0 Å². The van der Waals surface area contributed by atoms with Crippen LogP contribution in [0.4, 0.5) is 5.69 Å². The fourth-order valence-electron chi connectivity index (χ4n) is 4.82. The maximum absolute atomic E-state index is 14.4. The third-order valence-corrected chi connectivity index (χ3v) is 8.92. The fraction of sp³-hybridized carbons (Fsp3) is 0.133. The van der Waals surface area contributed by atoms with Gasteiger partial charge in [0.1, 0.15) is 5.75 Å². The van der Waals surface area contributed by atoms with Gasteiger partial charge in [0.2, 0.25) is 9.84 Å². The van der Waals surface area contributed by atoms with Gasteiger partial charge in [-0.15, -0.1) is 0 Å². The van der Waals surface area contributed by atoms with E-state index in [2.05, 4.69) is 0 Å². The van der Waals surface area contributed by atoms with Crippen LogP contribution >= 0.6 is 0 Å². The molecule has 1 saturated heterocycles. The number of hydrogen-bond donors (Lipinski definition) is 0. The van der Waals surface area contributed by atoms with Crippen molar-refractivity contribution in [1.29, 1.82) is 0 Å². The van der Waals surface area contributed by atoms with Gasteiger partial charge < -0.3 is 9.64 Å². The van der Waals surface area contributed by atoms with E-state index in [4.69, 9.17) is 4.74 Å². The van der Waals surface area contributed by atoms with Crippen LogP contribution in [0.3, 0.4) is 0 Å². The number of anilines is 1. The van der Waals surface area contributed by atoms with E-state index in [1.807, 2.05) is 108 Å². The van der Waals surface area contributed by atoms with E-state index in [-0.39, 0.29) is 6.04 Å². The van der Waals surface area contributed by atoms with E-state index in [9.17, 15) is 8.42 Å². The number of para-hydroxylation sites is 1.